The van der Waals surface area contributed by atoms with Crippen molar-refractivity contribution in [1.82, 2.24) is 5.32 Å². The number of allylic oxidation sites excluding steroid dienone is 10. The Balaban J connectivity index is 4.55. The predicted molar refractivity (Wildman–Crippen MR) is 282 cm³/mol. The highest BCUT2D eigenvalue weighted by Gasteiger charge is 2.24. The summed E-state index contributed by atoms with van der Waals surface area (Å²) in [5.74, 6) is -0.509. The lowest BCUT2D eigenvalue weighted by Gasteiger charge is -2.24. The number of carbonyl (C=O) groups excluding carboxylic acids is 2. The number of rotatable bonds is 50. The van der Waals surface area contributed by atoms with Gasteiger partial charge in [0.1, 0.15) is 6.10 Å². The van der Waals surface area contributed by atoms with E-state index in [9.17, 15) is 19.8 Å². The summed E-state index contributed by atoms with van der Waals surface area (Å²) in [7, 11) is 0. The number of unbranched alkanes of at least 4 members (excludes halogenated alkanes) is 31. The van der Waals surface area contributed by atoms with E-state index in [0.717, 1.165) is 70.6 Å². The second kappa shape index (κ2) is 52.5. The van der Waals surface area contributed by atoms with Crippen LogP contribution < -0.4 is 5.32 Å². The molecule has 0 heterocycles. The SMILES string of the molecule is CC/C=C/C=C/C=C/C=C\CCCCCC(CC(=O)NC(CO)C(O)CCCCCCCCCCCCCCCC)OC(=O)CCCCCCCCCCC/C=C/CCCCCCCC. The molecule has 65 heavy (non-hydrogen) atoms. The van der Waals surface area contributed by atoms with Crippen LogP contribution in [0.3, 0.4) is 0 Å². The van der Waals surface area contributed by atoms with E-state index in [1.54, 1.807) is 0 Å². The number of hydrogen-bond acceptors (Lipinski definition) is 5. The van der Waals surface area contributed by atoms with E-state index in [4.69, 9.17) is 4.74 Å². The van der Waals surface area contributed by atoms with Crippen molar-refractivity contribution < 1.29 is 24.5 Å². The van der Waals surface area contributed by atoms with Crippen LogP contribution in [-0.4, -0.2) is 46.9 Å². The molecule has 0 saturated heterocycles. The lowest BCUT2D eigenvalue weighted by atomic mass is 10.0. The summed E-state index contributed by atoms with van der Waals surface area (Å²) in [6, 6.07) is -0.716. The van der Waals surface area contributed by atoms with Gasteiger partial charge in [0, 0.05) is 6.42 Å². The average molecular weight is 911 g/mol. The summed E-state index contributed by atoms with van der Waals surface area (Å²) >= 11 is 0. The van der Waals surface area contributed by atoms with Gasteiger partial charge in [-0.2, -0.15) is 0 Å². The van der Waals surface area contributed by atoms with E-state index in [1.807, 2.05) is 24.3 Å². The lowest BCUT2D eigenvalue weighted by Crippen LogP contribution is -2.46. The second-order valence-corrected chi connectivity index (χ2v) is 19.0. The molecular formula is C59H107NO5. The average Bonchev–Trinajstić information content (AvgIpc) is 3.30. The number of carbonyl (C=O) groups is 2. The summed E-state index contributed by atoms with van der Waals surface area (Å²) in [5.41, 5.74) is 0. The fourth-order valence-electron chi connectivity index (χ4n) is 8.44. The van der Waals surface area contributed by atoms with Crippen molar-refractivity contribution in [3.8, 4) is 0 Å². The lowest BCUT2D eigenvalue weighted by molar-refractivity contribution is -0.151. The number of amides is 1. The maximum atomic E-state index is 13.2. The van der Waals surface area contributed by atoms with Crippen molar-refractivity contribution in [2.24, 2.45) is 0 Å². The molecule has 3 N–H and O–H groups in total. The van der Waals surface area contributed by atoms with E-state index < -0.39 is 18.2 Å². The first-order valence-electron chi connectivity index (χ1n) is 28.1. The Morgan fingerprint density at radius 2 is 0.846 bits per heavy atom. The fraction of sp³-hybridized carbons (Fsp3) is 0.797. The van der Waals surface area contributed by atoms with Crippen molar-refractivity contribution >= 4 is 11.9 Å². The minimum absolute atomic E-state index is 0.0506. The van der Waals surface area contributed by atoms with Gasteiger partial charge >= 0.3 is 5.97 Å². The summed E-state index contributed by atoms with van der Waals surface area (Å²) in [4.78, 5) is 26.2. The van der Waals surface area contributed by atoms with Crippen LogP contribution in [0.5, 0.6) is 0 Å². The fourth-order valence-corrected chi connectivity index (χ4v) is 8.44. The number of aliphatic hydroxyl groups is 2. The van der Waals surface area contributed by atoms with E-state index in [1.165, 1.54) is 161 Å². The Labute approximate surface area is 403 Å². The Morgan fingerprint density at radius 1 is 0.462 bits per heavy atom. The molecule has 3 atom stereocenters. The van der Waals surface area contributed by atoms with Gasteiger partial charge in [0.2, 0.25) is 5.91 Å². The van der Waals surface area contributed by atoms with Crippen molar-refractivity contribution in [2.75, 3.05) is 6.61 Å². The maximum absolute atomic E-state index is 13.2. The Bertz CT molecular complexity index is 1160. The molecule has 0 spiro atoms. The van der Waals surface area contributed by atoms with Crippen LogP contribution in [0.15, 0.2) is 60.8 Å². The molecule has 0 radical (unpaired) electrons. The van der Waals surface area contributed by atoms with Crippen LogP contribution in [0.25, 0.3) is 0 Å². The molecule has 0 aromatic heterocycles. The highest BCUT2D eigenvalue weighted by molar-refractivity contribution is 5.77. The van der Waals surface area contributed by atoms with Crippen molar-refractivity contribution in [1.29, 1.82) is 0 Å². The monoisotopic (exact) mass is 910 g/mol. The number of ether oxygens (including phenoxy) is 1. The molecule has 0 aromatic rings. The number of hydrogen-bond donors (Lipinski definition) is 3. The molecule has 0 aliphatic carbocycles. The molecule has 0 bridgehead atoms. The Kier molecular flexibility index (Phi) is 50.6. The summed E-state index contributed by atoms with van der Waals surface area (Å²) in [5, 5.41) is 23.8. The Hall–Kier alpha value is -2.44. The van der Waals surface area contributed by atoms with Gasteiger partial charge in [-0.25, -0.2) is 0 Å². The first-order chi connectivity index (χ1) is 32.0. The van der Waals surface area contributed by atoms with Gasteiger partial charge in [-0.15, -0.1) is 0 Å². The highest BCUT2D eigenvalue weighted by atomic mass is 16.5. The van der Waals surface area contributed by atoms with Crippen molar-refractivity contribution in [2.45, 2.75) is 296 Å². The molecule has 3 unspecified atom stereocenters. The van der Waals surface area contributed by atoms with Gasteiger partial charge in [-0.3, -0.25) is 9.59 Å². The first-order valence-corrected chi connectivity index (χ1v) is 28.1. The molecule has 0 rings (SSSR count). The van der Waals surface area contributed by atoms with Crippen LogP contribution >= 0.6 is 0 Å². The van der Waals surface area contributed by atoms with Gasteiger partial charge in [-0.05, 0) is 70.6 Å². The highest BCUT2D eigenvalue weighted by Crippen LogP contribution is 2.18. The van der Waals surface area contributed by atoms with Gasteiger partial charge < -0.3 is 20.3 Å². The van der Waals surface area contributed by atoms with Crippen molar-refractivity contribution in [3.63, 3.8) is 0 Å². The quantitative estimate of drug-likeness (QED) is 0.0245. The summed E-state index contributed by atoms with van der Waals surface area (Å²) in [6.07, 6.45) is 65.7. The third-order valence-electron chi connectivity index (χ3n) is 12.7. The minimum Gasteiger partial charge on any atom is -0.462 e. The van der Waals surface area contributed by atoms with Gasteiger partial charge in [0.15, 0.2) is 0 Å². The van der Waals surface area contributed by atoms with Crippen molar-refractivity contribution in [3.05, 3.63) is 60.8 Å². The normalized spacial score (nSPS) is 13.6. The molecule has 0 saturated carbocycles. The number of nitrogens with one attached hydrogen (secondary N) is 1. The minimum atomic E-state index is -0.800. The zero-order valence-corrected chi connectivity index (χ0v) is 43.1. The molecular weight excluding hydrogens is 803 g/mol. The molecule has 6 heteroatoms. The molecule has 0 aromatic carbocycles. The third kappa shape index (κ3) is 47.8. The summed E-state index contributed by atoms with van der Waals surface area (Å²) < 4.78 is 5.93. The molecule has 378 valence electrons. The van der Waals surface area contributed by atoms with Gasteiger partial charge in [-0.1, -0.05) is 255 Å². The standard InChI is InChI=1S/C59H107NO5/c1-4-7-10-13-16-19-22-25-27-28-29-30-31-34-37-40-43-46-49-52-59(64)65-55(50-47-44-41-38-35-32-24-21-18-15-12-9-6-3)53-58(63)60-56(54-61)57(62)51-48-45-42-39-36-33-26-23-20-17-14-11-8-5-2/h9,12,15,18,21,24-25,27,32,35,55-57,61-62H,4-8,10-11,13-14,16-17,19-20,22-23,26,28-31,33-34,36-54H2,1-3H3,(H,60,63)/b12-9+,18-15+,24-21+,27-25+,35-32-. The smallest absolute Gasteiger partial charge is 0.306 e. The third-order valence-corrected chi connectivity index (χ3v) is 12.7. The van der Waals surface area contributed by atoms with E-state index in [0.29, 0.717) is 19.3 Å². The second-order valence-electron chi connectivity index (χ2n) is 19.0. The van der Waals surface area contributed by atoms with E-state index >= 15 is 0 Å². The number of aliphatic hydroxyl groups excluding tert-OH is 2. The van der Waals surface area contributed by atoms with E-state index in [-0.39, 0.29) is 24.9 Å². The molecule has 0 aliphatic rings. The first kappa shape index (κ1) is 62.6. The van der Waals surface area contributed by atoms with Crippen LogP contribution in [0.2, 0.25) is 0 Å². The zero-order valence-electron chi connectivity index (χ0n) is 43.1. The Morgan fingerprint density at radius 3 is 1.32 bits per heavy atom. The molecule has 0 aliphatic heterocycles. The maximum Gasteiger partial charge on any atom is 0.306 e. The topological polar surface area (TPSA) is 95.9 Å². The molecule has 0 fully saturated rings. The molecule has 1 amide bonds. The van der Waals surface area contributed by atoms with Crippen LogP contribution in [0, 0.1) is 0 Å². The molecule has 6 nitrogen and oxygen atoms in total. The van der Waals surface area contributed by atoms with Crippen LogP contribution in [0.1, 0.15) is 278 Å². The largest absolute Gasteiger partial charge is 0.462 e. The van der Waals surface area contributed by atoms with Gasteiger partial charge in [0.05, 0.1) is 25.2 Å². The summed E-state index contributed by atoms with van der Waals surface area (Å²) in [6.45, 7) is 6.35. The van der Waals surface area contributed by atoms with E-state index in [2.05, 4.69) is 62.5 Å². The van der Waals surface area contributed by atoms with Gasteiger partial charge in [0.25, 0.3) is 0 Å². The predicted octanol–water partition coefficient (Wildman–Crippen LogP) is 17.2. The zero-order chi connectivity index (χ0) is 47.4. The van der Waals surface area contributed by atoms with Crippen LogP contribution in [0.4, 0.5) is 0 Å². The van der Waals surface area contributed by atoms with Crippen LogP contribution in [-0.2, 0) is 14.3 Å². The number of esters is 1.